The highest BCUT2D eigenvalue weighted by molar-refractivity contribution is 5.82. The van der Waals surface area contributed by atoms with Crippen molar-refractivity contribution in [3.63, 3.8) is 0 Å². The third kappa shape index (κ3) is 2.47. The first-order valence-electron chi connectivity index (χ1n) is 5.39. The maximum absolute atomic E-state index is 11.7. The van der Waals surface area contributed by atoms with Gasteiger partial charge in [-0.05, 0) is 31.2 Å². The number of hydrogen-bond donors (Lipinski definition) is 2. The fraction of sp³-hybridized carbons (Fsp3) is 0.909. The number of nitrogens with one attached hydrogen (secondary N) is 1. The average Bonchev–Trinajstić information content (AvgIpc) is 2.73. The van der Waals surface area contributed by atoms with Crippen molar-refractivity contribution >= 4 is 5.91 Å². The number of amides is 1. The molecule has 0 aliphatic heterocycles. The first-order chi connectivity index (χ1) is 6.38. The molecule has 3 nitrogen and oxygen atoms in total. The van der Waals surface area contributed by atoms with Crippen molar-refractivity contribution < 1.29 is 4.79 Å². The smallest absolute Gasteiger partial charge is 0.223 e. The van der Waals surface area contributed by atoms with Gasteiger partial charge in [-0.3, -0.25) is 4.79 Å². The highest BCUT2D eigenvalue weighted by atomic mass is 16.2. The molecule has 1 aliphatic rings. The van der Waals surface area contributed by atoms with Crippen LogP contribution in [0.2, 0.25) is 0 Å². The number of hydrogen-bond acceptors (Lipinski definition) is 2. The zero-order valence-electron chi connectivity index (χ0n) is 9.63. The van der Waals surface area contributed by atoms with E-state index in [1.54, 1.807) is 0 Å². The van der Waals surface area contributed by atoms with E-state index in [1.165, 1.54) is 0 Å². The van der Waals surface area contributed by atoms with Gasteiger partial charge >= 0.3 is 0 Å². The van der Waals surface area contributed by atoms with Crippen LogP contribution in [0, 0.1) is 17.3 Å². The molecule has 1 aliphatic carbocycles. The van der Waals surface area contributed by atoms with Gasteiger partial charge in [-0.25, -0.2) is 0 Å². The van der Waals surface area contributed by atoms with Crippen LogP contribution in [-0.4, -0.2) is 18.5 Å². The lowest BCUT2D eigenvalue weighted by molar-refractivity contribution is -0.123. The molecule has 3 N–H and O–H groups in total. The third-order valence-electron chi connectivity index (χ3n) is 3.43. The van der Waals surface area contributed by atoms with Gasteiger partial charge in [-0.2, -0.15) is 0 Å². The molecule has 14 heavy (non-hydrogen) atoms. The van der Waals surface area contributed by atoms with Crippen LogP contribution in [0.3, 0.4) is 0 Å². The van der Waals surface area contributed by atoms with Crippen LogP contribution in [0.15, 0.2) is 0 Å². The van der Waals surface area contributed by atoms with Crippen molar-refractivity contribution in [2.45, 2.75) is 40.2 Å². The summed E-state index contributed by atoms with van der Waals surface area (Å²) in [5.41, 5.74) is 5.76. The van der Waals surface area contributed by atoms with Gasteiger partial charge in [0, 0.05) is 12.0 Å². The Hall–Kier alpha value is -0.570. The standard InChI is InChI=1S/C11H22N2O/c1-7(6-12)8(2)13-10(14)9-5-11(9,3)4/h7-9H,5-6,12H2,1-4H3,(H,13,14). The Kier molecular flexibility index (Phi) is 3.20. The van der Waals surface area contributed by atoms with Crippen LogP contribution in [0.25, 0.3) is 0 Å². The first kappa shape index (κ1) is 11.5. The van der Waals surface area contributed by atoms with E-state index in [2.05, 4.69) is 26.1 Å². The largest absolute Gasteiger partial charge is 0.353 e. The molecule has 1 saturated carbocycles. The molecule has 0 heterocycles. The van der Waals surface area contributed by atoms with Crippen molar-refractivity contribution in [3.8, 4) is 0 Å². The van der Waals surface area contributed by atoms with Gasteiger partial charge < -0.3 is 11.1 Å². The number of carbonyl (C=O) groups is 1. The molecule has 82 valence electrons. The van der Waals surface area contributed by atoms with Crippen LogP contribution < -0.4 is 11.1 Å². The molecule has 0 saturated heterocycles. The van der Waals surface area contributed by atoms with Crippen LogP contribution >= 0.6 is 0 Å². The average molecular weight is 198 g/mol. The molecule has 0 spiro atoms. The summed E-state index contributed by atoms with van der Waals surface area (Å²) in [4.78, 5) is 11.7. The number of rotatable bonds is 4. The van der Waals surface area contributed by atoms with Gasteiger partial charge in [0.05, 0.1) is 0 Å². The normalized spacial score (nSPS) is 27.9. The van der Waals surface area contributed by atoms with Crippen molar-refractivity contribution in [2.24, 2.45) is 23.0 Å². The van der Waals surface area contributed by atoms with E-state index in [1.807, 2.05) is 6.92 Å². The Morgan fingerprint density at radius 3 is 2.43 bits per heavy atom. The van der Waals surface area contributed by atoms with Gasteiger partial charge in [0.15, 0.2) is 0 Å². The van der Waals surface area contributed by atoms with E-state index in [0.717, 1.165) is 6.42 Å². The summed E-state index contributed by atoms with van der Waals surface area (Å²) in [6.07, 6.45) is 1.02. The zero-order chi connectivity index (χ0) is 10.9. The van der Waals surface area contributed by atoms with Crippen LogP contribution in [0.1, 0.15) is 34.1 Å². The summed E-state index contributed by atoms with van der Waals surface area (Å²) >= 11 is 0. The van der Waals surface area contributed by atoms with Gasteiger partial charge in [0.2, 0.25) is 5.91 Å². The Morgan fingerprint density at radius 2 is 2.07 bits per heavy atom. The molecule has 3 heteroatoms. The van der Waals surface area contributed by atoms with E-state index < -0.39 is 0 Å². The summed E-state index contributed by atoms with van der Waals surface area (Å²) < 4.78 is 0. The van der Waals surface area contributed by atoms with E-state index in [0.29, 0.717) is 12.5 Å². The van der Waals surface area contributed by atoms with Crippen molar-refractivity contribution in [2.75, 3.05) is 6.54 Å². The monoisotopic (exact) mass is 198 g/mol. The third-order valence-corrected chi connectivity index (χ3v) is 3.43. The second-order valence-electron chi connectivity index (χ2n) is 5.26. The fourth-order valence-electron chi connectivity index (χ4n) is 1.59. The topological polar surface area (TPSA) is 55.1 Å². The Labute approximate surface area is 86.4 Å². The summed E-state index contributed by atoms with van der Waals surface area (Å²) in [5.74, 6) is 0.763. The van der Waals surface area contributed by atoms with Crippen molar-refractivity contribution in [3.05, 3.63) is 0 Å². The summed E-state index contributed by atoms with van der Waals surface area (Å²) in [5, 5.41) is 3.03. The van der Waals surface area contributed by atoms with Crippen molar-refractivity contribution in [1.29, 1.82) is 0 Å². The van der Waals surface area contributed by atoms with Gasteiger partial charge in [-0.15, -0.1) is 0 Å². The number of carbonyl (C=O) groups excluding carboxylic acids is 1. The molecule has 1 amide bonds. The molecule has 0 radical (unpaired) electrons. The van der Waals surface area contributed by atoms with E-state index in [9.17, 15) is 4.79 Å². The quantitative estimate of drug-likeness (QED) is 0.711. The molecule has 3 atom stereocenters. The predicted molar refractivity (Wildman–Crippen MR) is 57.7 cm³/mol. The molecule has 1 fully saturated rings. The van der Waals surface area contributed by atoms with E-state index in [-0.39, 0.29) is 23.3 Å². The van der Waals surface area contributed by atoms with Gasteiger partial charge in [0.1, 0.15) is 0 Å². The minimum Gasteiger partial charge on any atom is -0.353 e. The van der Waals surface area contributed by atoms with E-state index >= 15 is 0 Å². The minimum atomic E-state index is 0.184. The van der Waals surface area contributed by atoms with Gasteiger partial charge in [0.25, 0.3) is 0 Å². The van der Waals surface area contributed by atoms with E-state index in [4.69, 9.17) is 5.73 Å². The first-order valence-corrected chi connectivity index (χ1v) is 5.39. The Balaban J connectivity index is 2.35. The Morgan fingerprint density at radius 1 is 1.57 bits per heavy atom. The maximum Gasteiger partial charge on any atom is 0.223 e. The molecular formula is C11H22N2O. The molecular weight excluding hydrogens is 176 g/mol. The molecule has 3 unspecified atom stereocenters. The molecule has 1 rings (SSSR count). The SMILES string of the molecule is CC(CN)C(C)NC(=O)C1CC1(C)C. The summed E-state index contributed by atoms with van der Waals surface area (Å²) in [6.45, 7) is 8.96. The molecule has 0 aromatic rings. The van der Waals surface area contributed by atoms with Crippen molar-refractivity contribution in [1.82, 2.24) is 5.32 Å². The van der Waals surface area contributed by atoms with Gasteiger partial charge in [-0.1, -0.05) is 20.8 Å². The van der Waals surface area contributed by atoms with Crippen LogP contribution in [-0.2, 0) is 4.79 Å². The second kappa shape index (κ2) is 3.89. The zero-order valence-corrected chi connectivity index (χ0v) is 9.63. The fourth-order valence-corrected chi connectivity index (χ4v) is 1.59. The lowest BCUT2D eigenvalue weighted by Gasteiger charge is -2.20. The molecule has 0 aromatic heterocycles. The predicted octanol–water partition coefficient (Wildman–Crippen LogP) is 1.13. The minimum absolute atomic E-state index is 0.184. The van der Waals surface area contributed by atoms with Crippen LogP contribution in [0.5, 0.6) is 0 Å². The highest BCUT2D eigenvalue weighted by Crippen LogP contribution is 2.51. The van der Waals surface area contributed by atoms with Crippen LogP contribution in [0.4, 0.5) is 0 Å². The second-order valence-corrected chi connectivity index (χ2v) is 5.26. The lowest BCUT2D eigenvalue weighted by atomic mass is 10.0. The summed E-state index contributed by atoms with van der Waals surface area (Å²) in [7, 11) is 0. The lowest BCUT2D eigenvalue weighted by Crippen LogP contribution is -2.41. The Bertz CT molecular complexity index is 225. The maximum atomic E-state index is 11.7. The highest BCUT2D eigenvalue weighted by Gasteiger charge is 2.50. The molecule has 0 bridgehead atoms. The summed E-state index contributed by atoms with van der Waals surface area (Å²) in [6, 6.07) is 0.184. The molecule has 0 aromatic carbocycles. The number of nitrogens with two attached hydrogens (primary N) is 1.